The van der Waals surface area contributed by atoms with E-state index in [9.17, 15) is 0 Å². The van der Waals surface area contributed by atoms with Crippen molar-refractivity contribution in [2.24, 2.45) is 0 Å². The number of nitrogens with zero attached hydrogens (tertiary/aromatic N) is 2. The third kappa shape index (κ3) is 2.06. The number of hydrogen-bond acceptors (Lipinski definition) is 2. The van der Waals surface area contributed by atoms with Gasteiger partial charge in [0.25, 0.3) is 0 Å². The monoisotopic (exact) mass is 178 g/mol. The van der Waals surface area contributed by atoms with Crippen molar-refractivity contribution in [2.45, 2.75) is 46.5 Å². The van der Waals surface area contributed by atoms with Gasteiger partial charge in [-0.25, -0.2) is 0 Å². The van der Waals surface area contributed by atoms with Gasteiger partial charge in [0.05, 0.1) is 11.9 Å². The Labute approximate surface area is 80.4 Å². The maximum atomic E-state index is 4.21. The maximum absolute atomic E-state index is 4.21. The SMILES string of the molecule is Cc1cnnc(C(C)C)c1C(C)C. The second-order valence-corrected chi connectivity index (χ2v) is 4.14. The van der Waals surface area contributed by atoms with Crippen LogP contribution in [0.1, 0.15) is 56.4 Å². The van der Waals surface area contributed by atoms with Gasteiger partial charge in [-0.15, -0.1) is 0 Å². The minimum atomic E-state index is 0.463. The molecule has 13 heavy (non-hydrogen) atoms. The molecule has 0 saturated heterocycles. The Kier molecular flexibility index (Phi) is 3.02. The summed E-state index contributed by atoms with van der Waals surface area (Å²) in [6, 6.07) is 0. The van der Waals surface area contributed by atoms with E-state index in [1.807, 2.05) is 6.20 Å². The lowest BCUT2D eigenvalue weighted by molar-refractivity contribution is 0.721. The second-order valence-electron chi connectivity index (χ2n) is 4.14. The van der Waals surface area contributed by atoms with Crippen molar-refractivity contribution in [3.63, 3.8) is 0 Å². The van der Waals surface area contributed by atoms with E-state index in [1.165, 1.54) is 11.1 Å². The van der Waals surface area contributed by atoms with Gasteiger partial charge < -0.3 is 0 Å². The third-order valence-electron chi connectivity index (χ3n) is 2.24. The summed E-state index contributed by atoms with van der Waals surface area (Å²) < 4.78 is 0. The highest BCUT2D eigenvalue weighted by molar-refractivity contribution is 5.31. The first kappa shape index (κ1) is 10.2. The van der Waals surface area contributed by atoms with Crippen molar-refractivity contribution < 1.29 is 0 Å². The molecule has 0 aliphatic heterocycles. The van der Waals surface area contributed by atoms with Gasteiger partial charge in [-0.1, -0.05) is 27.7 Å². The van der Waals surface area contributed by atoms with Crippen molar-refractivity contribution in [1.82, 2.24) is 10.2 Å². The molecule has 0 bridgehead atoms. The average molecular weight is 178 g/mol. The highest BCUT2D eigenvalue weighted by Crippen LogP contribution is 2.25. The predicted octanol–water partition coefficient (Wildman–Crippen LogP) is 3.03. The number of hydrogen-bond donors (Lipinski definition) is 0. The van der Waals surface area contributed by atoms with Crippen LogP contribution in [0.4, 0.5) is 0 Å². The van der Waals surface area contributed by atoms with E-state index in [-0.39, 0.29) is 0 Å². The van der Waals surface area contributed by atoms with Gasteiger partial charge in [-0.05, 0) is 29.9 Å². The van der Waals surface area contributed by atoms with Crippen LogP contribution >= 0.6 is 0 Å². The molecule has 0 aromatic carbocycles. The molecule has 72 valence electrons. The Morgan fingerprint density at radius 3 is 2.08 bits per heavy atom. The Morgan fingerprint density at radius 2 is 1.69 bits per heavy atom. The minimum absolute atomic E-state index is 0.463. The minimum Gasteiger partial charge on any atom is -0.159 e. The molecule has 0 aliphatic carbocycles. The molecule has 0 aliphatic rings. The van der Waals surface area contributed by atoms with Crippen molar-refractivity contribution in [3.8, 4) is 0 Å². The molecule has 0 unspecified atom stereocenters. The van der Waals surface area contributed by atoms with Crippen LogP contribution in [0.25, 0.3) is 0 Å². The fraction of sp³-hybridized carbons (Fsp3) is 0.636. The molecule has 1 aromatic rings. The maximum Gasteiger partial charge on any atom is 0.0693 e. The Balaban J connectivity index is 3.26. The summed E-state index contributed by atoms with van der Waals surface area (Å²) in [6.45, 7) is 10.8. The largest absolute Gasteiger partial charge is 0.159 e. The van der Waals surface area contributed by atoms with E-state index < -0.39 is 0 Å². The van der Waals surface area contributed by atoms with E-state index in [0.717, 1.165) is 5.69 Å². The lowest BCUT2D eigenvalue weighted by Gasteiger charge is -2.15. The molecule has 0 spiro atoms. The molecule has 0 atom stereocenters. The molecule has 0 fully saturated rings. The van der Waals surface area contributed by atoms with Crippen molar-refractivity contribution in [1.29, 1.82) is 0 Å². The zero-order valence-electron chi connectivity index (χ0n) is 9.13. The van der Waals surface area contributed by atoms with Crippen LogP contribution in [0.5, 0.6) is 0 Å². The van der Waals surface area contributed by atoms with Crippen LogP contribution in [0, 0.1) is 6.92 Å². The van der Waals surface area contributed by atoms with Crippen LogP contribution in [0.2, 0.25) is 0 Å². The first-order valence-electron chi connectivity index (χ1n) is 4.86. The van der Waals surface area contributed by atoms with Crippen LogP contribution < -0.4 is 0 Å². The first-order chi connectivity index (χ1) is 6.04. The Bertz CT molecular complexity index is 290. The number of aromatic nitrogens is 2. The highest BCUT2D eigenvalue weighted by Gasteiger charge is 2.13. The fourth-order valence-electron chi connectivity index (χ4n) is 1.68. The van der Waals surface area contributed by atoms with Crippen LogP contribution in [-0.2, 0) is 0 Å². The average Bonchev–Trinajstić information content (AvgIpc) is 2.02. The smallest absolute Gasteiger partial charge is 0.0693 e. The summed E-state index contributed by atoms with van der Waals surface area (Å²) in [4.78, 5) is 0. The topological polar surface area (TPSA) is 25.8 Å². The van der Waals surface area contributed by atoms with Gasteiger partial charge in [0, 0.05) is 0 Å². The highest BCUT2D eigenvalue weighted by atomic mass is 15.1. The second kappa shape index (κ2) is 3.86. The Morgan fingerprint density at radius 1 is 1.08 bits per heavy atom. The molecule has 0 radical (unpaired) electrons. The van der Waals surface area contributed by atoms with Gasteiger partial charge in [-0.3, -0.25) is 0 Å². The predicted molar refractivity (Wildman–Crippen MR) is 54.9 cm³/mol. The summed E-state index contributed by atoms with van der Waals surface area (Å²) in [7, 11) is 0. The van der Waals surface area contributed by atoms with E-state index in [1.54, 1.807) is 0 Å². The normalized spacial score (nSPS) is 11.3. The fourth-order valence-corrected chi connectivity index (χ4v) is 1.68. The lowest BCUT2D eigenvalue weighted by atomic mass is 9.93. The molecule has 2 heteroatoms. The van der Waals surface area contributed by atoms with Gasteiger partial charge in [0.2, 0.25) is 0 Å². The molecule has 1 aromatic heterocycles. The van der Waals surface area contributed by atoms with E-state index in [2.05, 4.69) is 44.8 Å². The van der Waals surface area contributed by atoms with Crippen LogP contribution in [0.15, 0.2) is 6.20 Å². The standard InChI is InChI=1S/C11H18N2/c1-7(2)10-9(5)6-12-13-11(10)8(3)4/h6-8H,1-5H3. The van der Waals surface area contributed by atoms with Crippen molar-refractivity contribution in [2.75, 3.05) is 0 Å². The van der Waals surface area contributed by atoms with Crippen molar-refractivity contribution in [3.05, 3.63) is 23.0 Å². The van der Waals surface area contributed by atoms with E-state index in [4.69, 9.17) is 0 Å². The molecular formula is C11H18N2. The molecule has 0 N–H and O–H groups in total. The summed E-state index contributed by atoms with van der Waals surface area (Å²) in [6.07, 6.45) is 1.85. The lowest BCUT2D eigenvalue weighted by Crippen LogP contribution is -2.05. The van der Waals surface area contributed by atoms with Gasteiger partial charge in [0.1, 0.15) is 0 Å². The third-order valence-corrected chi connectivity index (χ3v) is 2.24. The summed E-state index contributed by atoms with van der Waals surface area (Å²) in [5.74, 6) is 0.998. The molecule has 0 saturated carbocycles. The summed E-state index contributed by atoms with van der Waals surface area (Å²) in [5.41, 5.74) is 3.77. The molecule has 1 rings (SSSR count). The van der Waals surface area contributed by atoms with Crippen LogP contribution in [0.3, 0.4) is 0 Å². The first-order valence-corrected chi connectivity index (χ1v) is 4.86. The molecule has 0 amide bonds. The Hall–Kier alpha value is -0.920. The van der Waals surface area contributed by atoms with Gasteiger partial charge in [-0.2, -0.15) is 10.2 Å². The van der Waals surface area contributed by atoms with Crippen molar-refractivity contribution >= 4 is 0 Å². The molecule has 1 heterocycles. The molecular weight excluding hydrogens is 160 g/mol. The summed E-state index contributed by atoms with van der Waals surface area (Å²) >= 11 is 0. The van der Waals surface area contributed by atoms with E-state index in [0.29, 0.717) is 11.8 Å². The van der Waals surface area contributed by atoms with Crippen LogP contribution in [-0.4, -0.2) is 10.2 Å². The van der Waals surface area contributed by atoms with Gasteiger partial charge in [0.15, 0.2) is 0 Å². The quantitative estimate of drug-likeness (QED) is 0.695. The zero-order valence-corrected chi connectivity index (χ0v) is 9.13. The van der Waals surface area contributed by atoms with Gasteiger partial charge >= 0.3 is 0 Å². The zero-order chi connectivity index (χ0) is 10.0. The number of rotatable bonds is 2. The molecule has 2 nitrogen and oxygen atoms in total. The van der Waals surface area contributed by atoms with E-state index >= 15 is 0 Å². The number of aryl methyl sites for hydroxylation is 1. The summed E-state index contributed by atoms with van der Waals surface area (Å²) in [5, 5.41) is 8.21.